The molecule has 0 spiro atoms. The van der Waals surface area contributed by atoms with Gasteiger partial charge in [-0.2, -0.15) is 0 Å². The second-order valence-electron chi connectivity index (χ2n) is 6.06. The van der Waals surface area contributed by atoms with E-state index in [-0.39, 0.29) is 0 Å². The third-order valence-corrected chi connectivity index (χ3v) is 9.11. The number of rotatable bonds is 8. The first-order valence-corrected chi connectivity index (χ1v) is 11.0. The fourth-order valence-electron chi connectivity index (χ4n) is 2.34. The summed E-state index contributed by atoms with van der Waals surface area (Å²) in [5.74, 6) is 0.822. The van der Waals surface area contributed by atoms with E-state index in [0.29, 0.717) is 0 Å². The zero-order valence-corrected chi connectivity index (χ0v) is 13.8. The van der Waals surface area contributed by atoms with Gasteiger partial charge < -0.3 is 0 Å². The smallest absolute Gasteiger partial charge is 0.0502 e. The van der Waals surface area contributed by atoms with E-state index in [4.69, 9.17) is 11.6 Å². The van der Waals surface area contributed by atoms with Gasteiger partial charge in [0, 0.05) is 5.88 Å². The van der Waals surface area contributed by atoms with Crippen LogP contribution < -0.4 is 0 Å². The van der Waals surface area contributed by atoms with Gasteiger partial charge in [-0.25, -0.2) is 0 Å². The zero-order chi connectivity index (χ0) is 13.4. The molecule has 1 atom stereocenters. The van der Waals surface area contributed by atoms with Gasteiger partial charge in [0.1, 0.15) is 0 Å². The highest BCUT2D eigenvalue weighted by molar-refractivity contribution is 6.78. The number of hydrogen-bond donors (Lipinski definition) is 0. The highest BCUT2D eigenvalue weighted by atomic mass is 35.5. The van der Waals surface area contributed by atoms with Gasteiger partial charge in [0.05, 0.1) is 8.07 Å². The van der Waals surface area contributed by atoms with Crippen molar-refractivity contribution < 1.29 is 0 Å². The molecule has 0 bridgehead atoms. The maximum Gasteiger partial charge on any atom is 0.0502 e. The molecule has 0 saturated heterocycles. The number of hydrogen-bond acceptors (Lipinski definition) is 0. The van der Waals surface area contributed by atoms with Crippen LogP contribution in [0.1, 0.15) is 31.7 Å². The van der Waals surface area contributed by atoms with Crippen molar-refractivity contribution in [3.05, 3.63) is 35.9 Å². The van der Waals surface area contributed by atoms with Crippen molar-refractivity contribution in [2.75, 3.05) is 5.88 Å². The molecule has 1 aromatic carbocycles. The molecule has 1 rings (SSSR count). The summed E-state index contributed by atoms with van der Waals surface area (Å²) in [6.45, 7) is 7.53. The third-order valence-electron chi connectivity index (χ3n) is 4.25. The highest BCUT2D eigenvalue weighted by Gasteiger charge is 2.27. The number of unbranched alkanes of at least 4 members (excludes halogenated alkanes) is 1. The van der Waals surface area contributed by atoms with Crippen LogP contribution in [-0.2, 0) is 6.42 Å². The molecule has 0 amide bonds. The van der Waals surface area contributed by atoms with Crippen LogP contribution in [0.15, 0.2) is 30.3 Å². The summed E-state index contributed by atoms with van der Waals surface area (Å²) in [4.78, 5) is 0. The molecule has 0 nitrogen and oxygen atoms in total. The van der Waals surface area contributed by atoms with Crippen molar-refractivity contribution in [1.82, 2.24) is 0 Å². The second-order valence-corrected chi connectivity index (χ2v) is 11.9. The fraction of sp³-hybridized carbons (Fsp3) is 0.625. The van der Waals surface area contributed by atoms with Gasteiger partial charge in [-0.3, -0.25) is 0 Å². The predicted molar refractivity (Wildman–Crippen MR) is 86.4 cm³/mol. The summed E-state index contributed by atoms with van der Waals surface area (Å²) < 4.78 is 0. The first-order valence-electron chi connectivity index (χ1n) is 7.16. The van der Waals surface area contributed by atoms with E-state index in [1.54, 1.807) is 0 Å². The number of aryl methyl sites for hydroxylation is 1. The molecule has 0 aliphatic rings. The Balaban J connectivity index is 2.36. The van der Waals surface area contributed by atoms with Crippen LogP contribution in [0.5, 0.6) is 0 Å². The molecular weight excluding hydrogens is 256 g/mol. The van der Waals surface area contributed by atoms with Gasteiger partial charge in [0.15, 0.2) is 0 Å². The fourth-order valence-corrected chi connectivity index (χ4v) is 5.11. The Morgan fingerprint density at radius 3 is 2.39 bits per heavy atom. The van der Waals surface area contributed by atoms with Crippen LogP contribution in [0.2, 0.25) is 24.7 Å². The molecule has 0 saturated carbocycles. The Labute approximate surface area is 119 Å². The Morgan fingerprint density at radius 2 is 1.78 bits per heavy atom. The normalized spacial score (nSPS) is 13.6. The Morgan fingerprint density at radius 1 is 1.11 bits per heavy atom. The van der Waals surface area contributed by atoms with Crippen molar-refractivity contribution in [2.45, 2.75) is 57.3 Å². The van der Waals surface area contributed by atoms with Gasteiger partial charge in [-0.15, -0.1) is 11.6 Å². The van der Waals surface area contributed by atoms with E-state index in [0.717, 1.165) is 11.4 Å². The average molecular weight is 283 g/mol. The first-order chi connectivity index (χ1) is 8.56. The van der Waals surface area contributed by atoms with Gasteiger partial charge in [-0.1, -0.05) is 62.8 Å². The van der Waals surface area contributed by atoms with E-state index in [1.807, 2.05) is 0 Å². The van der Waals surface area contributed by atoms with Crippen molar-refractivity contribution in [1.29, 1.82) is 0 Å². The topological polar surface area (TPSA) is 0 Å². The molecule has 0 heterocycles. The third kappa shape index (κ3) is 5.58. The van der Waals surface area contributed by atoms with Gasteiger partial charge >= 0.3 is 0 Å². The Bertz CT molecular complexity index is 321. The van der Waals surface area contributed by atoms with Crippen LogP contribution >= 0.6 is 11.6 Å². The van der Waals surface area contributed by atoms with Crippen molar-refractivity contribution in [3.63, 3.8) is 0 Å². The molecule has 1 aromatic rings. The summed E-state index contributed by atoms with van der Waals surface area (Å²) >= 11 is 5.77. The highest BCUT2D eigenvalue weighted by Crippen LogP contribution is 2.31. The lowest BCUT2D eigenvalue weighted by molar-refractivity contribution is 0.747. The lowest BCUT2D eigenvalue weighted by atomic mass is 10.1. The quantitative estimate of drug-likeness (QED) is 0.324. The lowest BCUT2D eigenvalue weighted by Crippen LogP contribution is -2.31. The van der Waals surface area contributed by atoms with Crippen LogP contribution in [0, 0.1) is 0 Å². The number of alkyl halides is 1. The minimum absolute atomic E-state index is 0.822. The van der Waals surface area contributed by atoms with Gasteiger partial charge in [-0.05, 0) is 30.4 Å². The predicted octanol–water partition coefficient (Wildman–Crippen LogP) is 5.74. The van der Waals surface area contributed by atoms with Gasteiger partial charge in [0.25, 0.3) is 0 Å². The summed E-state index contributed by atoms with van der Waals surface area (Å²) in [5.41, 5.74) is 2.38. The van der Waals surface area contributed by atoms with Crippen LogP contribution in [0.25, 0.3) is 0 Å². The minimum atomic E-state index is -1.06. The first kappa shape index (κ1) is 15.8. The number of halogens is 1. The van der Waals surface area contributed by atoms with Crippen LogP contribution in [-0.4, -0.2) is 14.0 Å². The van der Waals surface area contributed by atoms with Crippen molar-refractivity contribution in [2.24, 2.45) is 0 Å². The maximum atomic E-state index is 5.77. The molecule has 18 heavy (non-hydrogen) atoms. The van der Waals surface area contributed by atoms with E-state index in [1.165, 1.54) is 37.3 Å². The average Bonchev–Trinajstić information content (AvgIpc) is 2.37. The summed E-state index contributed by atoms with van der Waals surface area (Å²) in [5, 5.41) is 0. The van der Waals surface area contributed by atoms with Gasteiger partial charge in [0.2, 0.25) is 0 Å². The maximum absolute atomic E-state index is 5.77. The van der Waals surface area contributed by atoms with E-state index >= 15 is 0 Å². The second kappa shape index (κ2) is 8.01. The molecular formula is C16H27ClSi. The molecule has 0 radical (unpaired) electrons. The molecule has 0 aliphatic carbocycles. The lowest BCUT2D eigenvalue weighted by Gasteiger charge is -2.30. The number of benzene rings is 1. The van der Waals surface area contributed by atoms with Crippen molar-refractivity contribution >= 4 is 19.7 Å². The van der Waals surface area contributed by atoms with E-state index < -0.39 is 8.07 Å². The van der Waals surface area contributed by atoms with E-state index in [2.05, 4.69) is 50.3 Å². The molecule has 0 N–H and O–H groups in total. The Kier molecular flexibility index (Phi) is 7.02. The molecule has 0 aliphatic heterocycles. The minimum Gasteiger partial charge on any atom is -0.127 e. The summed E-state index contributed by atoms with van der Waals surface area (Å²) in [6, 6.07) is 12.3. The largest absolute Gasteiger partial charge is 0.127 e. The molecule has 1 unspecified atom stereocenters. The molecule has 0 aromatic heterocycles. The monoisotopic (exact) mass is 282 g/mol. The zero-order valence-electron chi connectivity index (χ0n) is 12.1. The molecule has 0 fully saturated rings. The standard InChI is InChI=1S/C16H27ClSi/c1-15(18(2,3)14-8-7-13-17)11-12-16-9-5-4-6-10-16/h4-6,9-10,15H,7-8,11-14H2,1-3H3. The summed E-state index contributed by atoms with van der Waals surface area (Å²) in [7, 11) is -1.06. The molecule has 102 valence electrons. The van der Waals surface area contributed by atoms with Crippen LogP contribution in [0.3, 0.4) is 0 Å². The SMILES string of the molecule is CC(CCc1ccccc1)[Si](C)(C)CCCCCl. The Hall–Kier alpha value is -0.273. The molecule has 2 heteroatoms. The summed E-state index contributed by atoms with van der Waals surface area (Å²) in [6.07, 6.45) is 5.07. The van der Waals surface area contributed by atoms with Crippen molar-refractivity contribution in [3.8, 4) is 0 Å². The van der Waals surface area contributed by atoms with Crippen LogP contribution in [0.4, 0.5) is 0 Å². The van der Waals surface area contributed by atoms with E-state index in [9.17, 15) is 0 Å².